The fraction of sp³-hybridized carbons (Fsp3) is 0.273. The second-order valence-corrected chi connectivity index (χ2v) is 4.18. The Labute approximate surface area is 93.3 Å². The van der Waals surface area contributed by atoms with Crippen LogP contribution in [0.5, 0.6) is 0 Å². The van der Waals surface area contributed by atoms with Crippen LogP contribution in [0.2, 0.25) is 0 Å². The molecule has 0 atom stereocenters. The molecule has 0 aromatic heterocycles. The van der Waals surface area contributed by atoms with Gasteiger partial charge in [0.1, 0.15) is 0 Å². The fourth-order valence-corrected chi connectivity index (χ4v) is 1.55. The molecule has 1 aromatic carbocycles. The molecule has 0 fully saturated rings. The van der Waals surface area contributed by atoms with Crippen LogP contribution in [0.4, 0.5) is 0 Å². The minimum atomic E-state index is -0.208. The van der Waals surface area contributed by atoms with E-state index in [0.29, 0.717) is 5.56 Å². The molecule has 1 amide bonds. The number of hydrogen-bond donors (Lipinski definition) is 1. The molecule has 0 saturated carbocycles. The van der Waals surface area contributed by atoms with E-state index >= 15 is 0 Å². The van der Waals surface area contributed by atoms with Gasteiger partial charge in [-0.3, -0.25) is 9.59 Å². The number of nitrogens with one attached hydrogen (secondary N) is 1. The fourth-order valence-electron chi connectivity index (χ4n) is 1.06. The summed E-state index contributed by atoms with van der Waals surface area (Å²) in [4.78, 5) is 22.6. The van der Waals surface area contributed by atoms with Gasteiger partial charge in [0.05, 0.1) is 6.54 Å². The lowest BCUT2D eigenvalue weighted by atomic mass is 10.2. The van der Waals surface area contributed by atoms with Crippen molar-refractivity contribution in [2.45, 2.75) is 6.92 Å². The summed E-state index contributed by atoms with van der Waals surface area (Å²) in [6.45, 7) is 1.99. The van der Waals surface area contributed by atoms with Crippen molar-refractivity contribution >= 4 is 22.8 Å². The summed E-state index contributed by atoms with van der Waals surface area (Å²) >= 11 is 1.21. The molecule has 0 aliphatic rings. The Kier molecular flexibility index (Phi) is 4.90. The van der Waals surface area contributed by atoms with E-state index < -0.39 is 0 Å². The van der Waals surface area contributed by atoms with Gasteiger partial charge in [0.2, 0.25) is 5.12 Å². The largest absolute Gasteiger partial charge is 0.344 e. The first kappa shape index (κ1) is 11.8. The van der Waals surface area contributed by atoms with Crippen molar-refractivity contribution in [2.24, 2.45) is 0 Å². The molecule has 80 valence electrons. The first-order chi connectivity index (χ1) is 7.24. The van der Waals surface area contributed by atoms with E-state index in [9.17, 15) is 9.59 Å². The average molecular weight is 223 g/mol. The van der Waals surface area contributed by atoms with E-state index in [4.69, 9.17) is 0 Å². The molecule has 0 aliphatic heterocycles. The molecule has 0 saturated heterocycles. The number of carbonyl (C=O) groups is 2. The van der Waals surface area contributed by atoms with Crippen molar-refractivity contribution in [2.75, 3.05) is 12.3 Å². The van der Waals surface area contributed by atoms with E-state index in [1.54, 1.807) is 24.3 Å². The minimum absolute atomic E-state index is 0.0122. The number of amides is 1. The summed E-state index contributed by atoms with van der Waals surface area (Å²) in [5.74, 6) is 0.528. The highest BCUT2D eigenvalue weighted by Crippen LogP contribution is 2.00. The molecule has 0 radical (unpaired) electrons. The summed E-state index contributed by atoms with van der Waals surface area (Å²) in [6.07, 6.45) is 0. The molecular weight excluding hydrogens is 210 g/mol. The van der Waals surface area contributed by atoms with Gasteiger partial charge in [-0.1, -0.05) is 36.9 Å². The third kappa shape index (κ3) is 4.16. The molecule has 0 heterocycles. The number of hydrogen-bond acceptors (Lipinski definition) is 3. The number of rotatable bonds is 4. The summed E-state index contributed by atoms with van der Waals surface area (Å²) in [5, 5.41) is 2.56. The van der Waals surface area contributed by atoms with Gasteiger partial charge in [-0.15, -0.1) is 0 Å². The van der Waals surface area contributed by atoms with Crippen molar-refractivity contribution in [3.63, 3.8) is 0 Å². The normalized spacial score (nSPS) is 9.67. The standard InChI is InChI=1S/C11H13NO2S/c1-2-15-10(13)8-12-11(14)9-6-4-3-5-7-9/h3-7H,2,8H2,1H3,(H,12,14). The van der Waals surface area contributed by atoms with Crippen LogP contribution in [0.25, 0.3) is 0 Å². The highest BCUT2D eigenvalue weighted by atomic mass is 32.2. The monoisotopic (exact) mass is 223 g/mol. The summed E-state index contributed by atoms with van der Waals surface area (Å²) < 4.78 is 0. The topological polar surface area (TPSA) is 46.2 Å². The number of benzene rings is 1. The lowest BCUT2D eigenvalue weighted by Gasteiger charge is -2.03. The maximum absolute atomic E-state index is 11.5. The molecule has 0 spiro atoms. The predicted octanol–water partition coefficient (Wildman–Crippen LogP) is 1.70. The SMILES string of the molecule is CCSC(=O)CNC(=O)c1ccccc1. The third-order valence-electron chi connectivity index (χ3n) is 1.73. The lowest BCUT2D eigenvalue weighted by Crippen LogP contribution is -2.28. The van der Waals surface area contributed by atoms with Crippen LogP contribution in [0.1, 0.15) is 17.3 Å². The molecule has 1 N–H and O–H groups in total. The van der Waals surface area contributed by atoms with Gasteiger partial charge in [0, 0.05) is 5.56 Å². The van der Waals surface area contributed by atoms with Crippen molar-refractivity contribution < 1.29 is 9.59 Å². The second-order valence-electron chi connectivity index (χ2n) is 2.85. The molecule has 0 aliphatic carbocycles. The van der Waals surface area contributed by atoms with Crippen LogP contribution < -0.4 is 5.32 Å². The predicted molar refractivity (Wildman–Crippen MR) is 61.9 cm³/mol. The van der Waals surface area contributed by atoms with Gasteiger partial charge in [-0.2, -0.15) is 0 Å². The molecule has 1 rings (SSSR count). The smallest absolute Gasteiger partial charge is 0.251 e. The maximum Gasteiger partial charge on any atom is 0.251 e. The Morgan fingerprint density at radius 2 is 1.93 bits per heavy atom. The molecule has 4 heteroatoms. The number of carbonyl (C=O) groups excluding carboxylic acids is 2. The van der Waals surface area contributed by atoms with Gasteiger partial charge in [-0.25, -0.2) is 0 Å². The van der Waals surface area contributed by atoms with Crippen LogP contribution in [0.3, 0.4) is 0 Å². The molecule has 0 unspecified atom stereocenters. The van der Waals surface area contributed by atoms with Gasteiger partial charge >= 0.3 is 0 Å². The summed E-state index contributed by atoms with van der Waals surface area (Å²) in [7, 11) is 0. The average Bonchev–Trinajstić information content (AvgIpc) is 2.27. The van der Waals surface area contributed by atoms with E-state index in [-0.39, 0.29) is 17.6 Å². The van der Waals surface area contributed by atoms with E-state index in [1.165, 1.54) is 11.8 Å². The molecule has 0 bridgehead atoms. The Balaban J connectivity index is 2.40. The number of thioether (sulfide) groups is 1. The first-order valence-electron chi connectivity index (χ1n) is 4.73. The van der Waals surface area contributed by atoms with E-state index in [2.05, 4.69) is 5.32 Å². The van der Waals surface area contributed by atoms with E-state index in [1.807, 2.05) is 13.0 Å². The summed E-state index contributed by atoms with van der Waals surface area (Å²) in [6, 6.07) is 8.85. The van der Waals surface area contributed by atoms with Crippen LogP contribution in [-0.2, 0) is 4.79 Å². The minimum Gasteiger partial charge on any atom is -0.344 e. The zero-order chi connectivity index (χ0) is 11.1. The summed E-state index contributed by atoms with van der Waals surface area (Å²) in [5.41, 5.74) is 0.576. The lowest BCUT2D eigenvalue weighted by molar-refractivity contribution is -0.110. The maximum atomic E-state index is 11.5. The van der Waals surface area contributed by atoms with Gasteiger partial charge in [-0.05, 0) is 17.9 Å². The van der Waals surface area contributed by atoms with Crippen LogP contribution in [-0.4, -0.2) is 23.3 Å². The van der Waals surface area contributed by atoms with Crippen LogP contribution in [0.15, 0.2) is 30.3 Å². The second kappa shape index (κ2) is 6.24. The molecular formula is C11H13NO2S. The van der Waals surface area contributed by atoms with Crippen LogP contribution >= 0.6 is 11.8 Å². The molecule has 15 heavy (non-hydrogen) atoms. The van der Waals surface area contributed by atoms with Crippen LogP contribution in [0, 0.1) is 0 Å². The highest BCUT2D eigenvalue weighted by molar-refractivity contribution is 8.13. The molecule has 3 nitrogen and oxygen atoms in total. The van der Waals surface area contributed by atoms with Gasteiger partial charge in [0.25, 0.3) is 5.91 Å². The van der Waals surface area contributed by atoms with Crippen molar-refractivity contribution in [3.8, 4) is 0 Å². The first-order valence-corrected chi connectivity index (χ1v) is 5.71. The highest BCUT2D eigenvalue weighted by Gasteiger charge is 2.06. The van der Waals surface area contributed by atoms with E-state index in [0.717, 1.165) is 5.75 Å². The van der Waals surface area contributed by atoms with Gasteiger partial charge in [0.15, 0.2) is 0 Å². The Morgan fingerprint density at radius 3 is 2.53 bits per heavy atom. The Bertz CT molecular complexity index is 338. The van der Waals surface area contributed by atoms with Crippen molar-refractivity contribution in [1.29, 1.82) is 0 Å². The Hall–Kier alpha value is -1.29. The van der Waals surface area contributed by atoms with Crippen molar-refractivity contribution in [1.82, 2.24) is 5.32 Å². The van der Waals surface area contributed by atoms with Gasteiger partial charge < -0.3 is 5.32 Å². The zero-order valence-corrected chi connectivity index (χ0v) is 9.34. The van der Waals surface area contributed by atoms with Crippen molar-refractivity contribution in [3.05, 3.63) is 35.9 Å². The third-order valence-corrected chi connectivity index (χ3v) is 2.49. The quantitative estimate of drug-likeness (QED) is 0.845. The zero-order valence-electron chi connectivity index (χ0n) is 8.53. The molecule has 1 aromatic rings. The Morgan fingerprint density at radius 1 is 1.27 bits per heavy atom.